The number of hydrogen-bond acceptors (Lipinski definition) is 6. The Hall–Kier alpha value is -1.80. The summed E-state index contributed by atoms with van der Waals surface area (Å²) >= 11 is 5.64. The Morgan fingerprint density at radius 2 is 1.78 bits per heavy atom. The second-order valence-corrected chi connectivity index (χ2v) is 6.74. The van der Waals surface area contributed by atoms with E-state index in [2.05, 4.69) is 10.6 Å². The number of carbonyl (C=O) groups excluding carboxylic acids is 3. The van der Waals surface area contributed by atoms with Crippen LogP contribution in [0.4, 0.5) is 0 Å². The summed E-state index contributed by atoms with van der Waals surface area (Å²) in [4.78, 5) is 36.4. The molecule has 1 aromatic rings. The molecule has 0 unspecified atom stereocenters. The molecule has 2 amide bonds. The number of hydrogen-bond donors (Lipinski definition) is 4. The van der Waals surface area contributed by atoms with Gasteiger partial charge in [-0.25, -0.2) is 0 Å². The summed E-state index contributed by atoms with van der Waals surface area (Å²) in [7, 11) is 0. The molecule has 0 aliphatic carbocycles. The van der Waals surface area contributed by atoms with Crippen molar-refractivity contribution in [3.8, 4) is 0 Å². The molecule has 8 heteroatoms. The van der Waals surface area contributed by atoms with E-state index in [1.807, 2.05) is 30.3 Å². The van der Waals surface area contributed by atoms with Crippen LogP contribution in [0.25, 0.3) is 0 Å². The highest BCUT2D eigenvalue weighted by atomic mass is 35.5. The summed E-state index contributed by atoms with van der Waals surface area (Å²) in [6.45, 7) is 2.12. The van der Waals surface area contributed by atoms with Crippen LogP contribution in [-0.4, -0.2) is 48.1 Å². The van der Waals surface area contributed by atoms with Crippen molar-refractivity contribution in [1.82, 2.24) is 10.6 Å². The standard InChI is InChI=1S/C19H29ClN4O3/c1-13(23-16(17(25)12-20)9-5-6-10-21)18(26)24-19(27)15(22)11-14-7-3-2-4-8-14/h2-4,7-8,13,15-16,23H,5-6,9-12,21-22H2,1H3,(H,24,26,27)/t13-,15-,16-/m0/s1. The van der Waals surface area contributed by atoms with E-state index in [0.717, 1.165) is 18.4 Å². The zero-order valence-electron chi connectivity index (χ0n) is 15.6. The molecular weight excluding hydrogens is 368 g/mol. The Morgan fingerprint density at radius 1 is 1.11 bits per heavy atom. The minimum Gasteiger partial charge on any atom is -0.330 e. The Labute approximate surface area is 165 Å². The molecule has 1 rings (SSSR count). The minimum absolute atomic E-state index is 0.143. The number of alkyl halides is 1. The highest BCUT2D eigenvalue weighted by molar-refractivity contribution is 6.28. The van der Waals surface area contributed by atoms with E-state index in [1.54, 1.807) is 6.92 Å². The summed E-state index contributed by atoms with van der Waals surface area (Å²) in [5, 5.41) is 5.24. The monoisotopic (exact) mass is 396 g/mol. The van der Waals surface area contributed by atoms with Crippen molar-refractivity contribution in [3.63, 3.8) is 0 Å². The summed E-state index contributed by atoms with van der Waals surface area (Å²) in [6, 6.07) is 7.18. The van der Waals surface area contributed by atoms with Gasteiger partial charge in [0.05, 0.1) is 24.0 Å². The summed E-state index contributed by atoms with van der Waals surface area (Å²) in [6.07, 6.45) is 2.38. The van der Waals surface area contributed by atoms with Gasteiger partial charge in [0.1, 0.15) is 0 Å². The van der Waals surface area contributed by atoms with E-state index in [1.165, 1.54) is 0 Å². The Kier molecular flexibility index (Phi) is 10.8. The van der Waals surface area contributed by atoms with Gasteiger partial charge < -0.3 is 11.5 Å². The van der Waals surface area contributed by atoms with Gasteiger partial charge in [-0.3, -0.25) is 25.0 Å². The number of unbranched alkanes of at least 4 members (excludes halogenated alkanes) is 1. The van der Waals surface area contributed by atoms with Crippen LogP contribution in [0.3, 0.4) is 0 Å². The molecule has 27 heavy (non-hydrogen) atoms. The fourth-order valence-electron chi connectivity index (χ4n) is 2.58. The van der Waals surface area contributed by atoms with Crippen LogP contribution in [0.2, 0.25) is 0 Å². The van der Waals surface area contributed by atoms with Crippen molar-refractivity contribution in [3.05, 3.63) is 35.9 Å². The number of benzene rings is 1. The van der Waals surface area contributed by atoms with Gasteiger partial charge in [0.15, 0.2) is 5.78 Å². The summed E-state index contributed by atoms with van der Waals surface area (Å²) in [5.41, 5.74) is 12.3. The van der Waals surface area contributed by atoms with Gasteiger partial charge in [0.2, 0.25) is 11.8 Å². The topological polar surface area (TPSA) is 127 Å². The average Bonchev–Trinajstić information content (AvgIpc) is 2.67. The van der Waals surface area contributed by atoms with Crippen molar-refractivity contribution >= 4 is 29.2 Å². The lowest BCUT2D eigenvalue weighted by Gasteiger charge is -2.22. The number of amides is 2. The molecule has 0 saturated carbocycles. The molecule has 0 fully saturated rings. The molecule has 0 radical (unpaired) electrons. The molecule has 3 atom stereocenters. The van der Waals surface area contributed by atoms with E-state index >= 15 is 0 Å². The van der Waals surface area contributed by atoms with E-state index in [-0.39, 0.29) is 11.7 Å². The number of halogens is 1. The third kappa shape index (κ3) is 8.62. The van der Waals surface area contributed by atoms with E-state index in [0.29, 0.717) is 19.4 Å². The Morgan fingerprint density at radius 3 is 2.37 bits per heavy atom. The molecule has 6 N–H and O–H groups in total. The summed E-state index contributed by atoms with van der Waals surface area (Å²) in [5.74, 6) is -1.42. The first kappa shape index (κ1) is 23.2. The smallest absolute Gasteiger partial charge is 0.243 e. The van der Waals surface area contributed by atoms with Crippen LogP contribution in [0.5, 0.6) is 0 Å². The quantitative estimate of drug-likeness (QED) is 0.300. The SMILES string of the molecule is C[C@H](N[C@@H](CCCCN)C(=O)CCl)C(=O)NC(=O)[C@@H](N)Cc1ccccc1. The molecule has 7 nitrogen and oxygen atoms in total. The van der Waals surface area contributed by atoms with Gasteiger partial charge >= 0.3 is 0 Å². The van der Waals surface area contributed by atoms with Crippen LogP contribution >= 0.6 is 11.6 Å². The van der Waals surface area contributed by atoms with Gasteiger partial charge in [0, 0.05) is 0 Å². The van der Waals surface area contributed by atoms with Gasteiger partial charge in [0.25, 0.3) is 0 Å². The predicted octanol–water partition coefficient (Wildman–Crippen LogP) is 0.483. The lowest BCUT2D eigenvalue weighted by Crippen LogP contribution is -2.53. The molecular formula is C19H29ClN4O3. The van der Waals surface area contributed by atoms with Gasteiger partial charge in [-0.2, -0.15) is 0 Å². The maximum atomic E-state index is 12.3. The van der Waals surface area contributed by atoms with E-state index in [9.17, 15) is 14.4 Å². The number of nitrogens with one attached hydrogen (secondary N) is 2. The first-order valence-electron chi connectivity index (χ1n) is 9.08. The number of carbonyl (C=O) groups is 3. The number of imide groups is 1. The lowest BCUT2D eigenvalue weighted by molar-refractivity contribution is -0.132. The zero-order valence-corrected chi connectivity index (χ0v) is 16.4. The van der Waals surface area contributed by atoms with Crippen LogP contribution in [-0.2, 0) is 20.8 Å². The highest BCUT2D eigenvalue weighted by Gasteiger charge is 2.25. The van der Waals surface area contributed by atoms with Crippen molar-refractivity contribution in [2.45, 2.75) is 50.7 Å². The summed E-state index contributed by atoms with van der Waals surface area (Å²) < 4.78 is 0. The maximum Gasteiger partial charge on any atom is 0.243 e. The molecule has 150 valence electrons. The van der Waals surface area contributed by atoms with Crippen LogP contribution in [0, 0.1) is 0 Å². The van der Waals surface area contributed by atoms with Crippen LogP contribution in [0.15, 0.2) is 30.3 Å². The third-order valence-corrected chi connectivity index (χ3v) is 4.46. The lowest BCUT2D eigenvalue weighted by atomic mass is 10.0. The molecule has 1 aromatic carbocycles. The van der Waals surface area contributed by atoms with Gasteiger partial charge in [-0.05, 0) is 38.3 Å². The fraction of sp³-hybridized carbons (Fsp3) is 0.526. The Bertz CT molecular complexity index is 612. The predicted molar refractivity (Wildman–Crippen MR) is 106 cm³/mol. The van der Waals surface area contributed by atoms with Gasteiger partial charge in [-0.15, -0.1) is 11.6 Å². The van der Waals surface area contributed by atoms with E-state index in [4.69, 9.17) is 23.1 Å². The molecule has 0 aromatic heterocycles. The number of ketones is 1. The third-order valence-electron chi connectivity index (χ3n) is 4.19. The molecule has 0 heterocycles. The fourth-order valence-corrected chi connectivity index (χ4v) is 2.77. The first-order chi connectivity index (χ1) is 12.9. The van der Waals surface area contributed by atoms with E-state index < -0.39 is 29.9 Å². The second-order valence-electron chi connectivity index (χ2n) is 6.48. The van der Waals surface area contributed by atoms with Crippen LogP contribution in [0.1, 0.15) is 31.7 Å². The first-order valence-corrected chi connectivity index (χ1v) is 9.61. The van der Waals surface area contributed by atoms with Crippen molar-refractivity contribution in [2.24, 2.45) is 11.5 Å². The zero-order chi connectivity index (χ0) is 20.2. The number of nitrogens with two attached hydrogens (primary N) is 2. The van der Waals surface area contributed by atoms with Crippen molar-refractivity contribution in [2.75, 3.05) is 12.4 Å². The van der Waals surface area contributed by atoms with Crippen molar-refractivity contribution < 1.29 is 14.4 Å². The minimum atomic E-state index is -0.839. The molecule has 0 spiro atoms. The normalized spacial score (nSPS) is 14.2. The molecule has 0 bridgehead atoms. The molecule has 0 saturated heterocycles. The number of rotatable bonds is 12. The second kappa shape index (κ2) is 12.6. The Balaban J connectivity index is 2.55. The maximum absolute atomic E-state index is 12.3. The average molecular weight is 397 g/mol. The highest BCUT2D eigenvalue weighted by Crippen LogP contribution is 2.05. The molecule has 0 aliphatic rings. The van der Waals surface area contributed by atoms with Crippen LogP contribution < -0.4 is 22.1 Å². The molecule has 0 aliphatic heterocycles. The number of Topliss-reactive ketones (excluding diaryl/α,β-unsaturated/α-hetero) is 1. The largest absolute Gasteiger partial charge is 0.330 e. The van der Waals surface area contributed by atoms with Crippen molar-refractivity contribution in [1.29, 1.82) is 0 Å². The van der Waals surface area contributed by atoms with Gasteiger partial charge in [-0.1, -0.05) is 36.8 Å².